The zero-order valence-electron chi connectivity index (χ0n) is 14.2. The minimum absolute atomic E-state index is 0.0570. The van der Waals surface area contributed by atoms with Crippen molar-refractivity contribution in [1.29, 1.82) is 0 Å². The fourth-order valence-electron chi connectivity index (χ4n) is 3.62. The number of amides is 1. The van der Waals surface area contributed by atoms with E-state index in [1.165, 1.54) is 24.1 Å². The molecule has 0 aromatic heterocycles. The summed E-state index contributed by atoms with van der Waals surface area (Å²) in [6.07, 6.45) is 5.22. The fourth-order valence-corrected chi connectivity index (χ4v) is 5.45. The number of sulfonamides is 1. The third kappa shape index (κ3) is 3.56. The minimum atomic E-state index is -3.80. The smallest absolute Gasteiger partial charge is 0.242 e. The van der Waals surface area contributed by atoms with Crippen LogP contribution in [0.3, 0.4) is 0 Å². The molecule has 1 amide bonds. The van der Waals surface area contributed by atoms with Crippen molar-refractivity contribution < 1.29 is 18.3 Å². The van der Waals surface area contributed by atoms with Gasteiger partial charge in [0.1, 0.15) is 4.90 Å². The zero-order valence-corrected chi connectivity index (χ0v) is 15.7. The number of hydrogen-bond acceptors (Lipinski definition) is 4. The lowest BCUT2D eigenvalue weighted by Crippen LogP contribution is -2.40. The molecule has 1 saturated heterocycles. The highest BCUT2D eigenvalue weighted by atomic mass is 35.5. The van der Waals surface area contributed by atoms with Crippen LogP contribution in [-0.4, -0.2) is 37.4 Å². The Balaban J connectivity index is 1.92. The molecule has 6 nitrogen and oxygen atoms in total. The van der Waals surface area contributed by atoms with Crippen molar-refractivity contribution in [2.75, 3.05) is 7.05 Å². The van der Waals surface area contributed by atoms with Crippen molar-refractivity contribution in [3.8, 4) is 0 Å². The van der Waals surface area contributed by atoms with E-state index < -0.39 is 15.7 Å². The molecule has 1 aromatic rings. The van der Waals surface area contributed by atoms with Crippen LogP contribution >= 0.6 is 11.6 Å². The first-order valence-corrected chi connectivity index (χ1v) is 10.4. The number of carbonyl (C=O) groups excluding carboxylic acids is 1. The SMILES string of the molecule is CN1C(=O)CCC1(O)c1ccc(Cl)c(S(=O)(=O)NC2CCCCC2)c1. The molecule has 0 spiro atoms. The van der Waals surface area contributed by atoms with E-state index in [0.29, 0.717) is 5.56 Å². The van der Waals surface area contributed by atoms with Gasteiger partial charge in [-0.05, 0) is 25.0 Å². The summed E-state index contributed by atoms with van der Waals surface area (Å²) in [6.45, 7) is 0. The van der Waals surface area contributed by atoms with E-state index in [-0.39, 0.29) is 34.7 Å². The quantitative estimate of drug-likeness (QED) is 0.831. The van der Waals surface area contributed by atoms with Gasteiger partial charge in [0, 0.05) is 31.5 Å². The number of hydrogen-bond donors (Lipinski definition) is 2. The van der Waals surface area contributed by atoms with Crippen molar-refractivity contribution in [3.63, 3.8) is 0 Å². The van der Waals surface area contributed by atoms with E-state index in [4.69, 9.17) is 11.6 Å². The summed E-state index contributed by atoms with van der Waals surface area (Å²) >= 11 is 6.13. The number of benzene rings is 1. The second-order valence-electron chi connectivity index (χ2n) is 6.87. The second kappa shape index (κ2) is 6.87. The predicted octanol–water partition coefficient (Wildman–Crippen LogP) is 2.35. The Bertz CT molecular complexity index is 777. The standard InChI is InChI=1S/C17H23ClN2O4S/c1-20-16(21)9-10-17(20,22)12-7-8-14(18)15(11-12)25(23,24)19-13-5-3-2-4-6-13/h7-8,11,13,19,22H,2-6,9-10H2,1H3. The predicted molar refractivity (Wildman–Crippen MR) is 94.5 cm³/mol. The van der Waals surface area contributed by atoms with Crippen LogP contribution in [0.4, 0.5) is 0 Å². The van der Waals surface area contributed by atoms with E-state index in [1.807, 2.05) is 0 Å². The number of likely N-dealkylation sites (tertiary alicyclic amines) is 1. The number of nitrogens with zero attached hydrogens (tertiary/aromatic N) is 1. The maximum absolute atomic E-state index is 12.8. The summed E-state index contributed by atoms with van der Waals surface area (Å²) in [5.41, 5.74) is -1.15. The van der Waals surface area contributed by atoms with Crippen LogP contribution in [0.2, 0.25) is 5.02 Å². The molecule has 2 aliphatic rings. The molecular weight excluding hydrogens is 364 g/mol. The molecule has 0 radical (unpaired) electrons. The zero-order chi connectivity index (χ0) is 18.2. The van der Waals surface area contributed by atoms with Crippen molar-refractivity contribution in [1.82, 2.24) is 9.62 Å². The highest BCUT2D eigenvalue weighted by Gasteiger charge is 2.43. The number of rotatable bonds is 4. The second-order valence-corrected chi connectivity index (χ2v) is 8.96. The van der Waals surface area contributed by atoms with Crippen molar-refractivity contribution in [2.24, 2.45) is 0 Å². The lowest BCUT2D eigenvalue weighted by atomic mass is 9.96. The Morgan fingerprint density at radius 2 is 1.96 bits per heavy atom. The summed E-state index contributed by atoms with van der Waals surface area (Å²) in [5, 5.41) is 11.0. The molecule has 2 fully saturated rings. The number of halogens is 1. The van der Waals surface area contributed by atoms with Crippen LogP contribution in [0, 0.1) is 0 Å². The van der Waals surface area contributed by atoms with Crippen molar-refractivity contribution >= 4 is 27.5 Å². The first kappa shape index (κ1) is 18.6. The molecule has 25 heavy (non-hydrogen) atoms. The molecular formula is C17H23ClN2O4S. The molecule has 2 N–H and O–H groups in total. The third-order valence-corrected chi connectivity index (χ3v) is 7.23. The maximum Gasteiger partial charge on any atom is 0.242 e. The van der Waals surface area contributed by atoms with Crippen LogP contribution in [-0.2, 0) is 20.5 Å². The Morgan fingerprint density at radius 1 is 1.28 bits per heavy atom. The molecule has 1 heterocycles. The molecule has 138 valence electrons. The Hall–Kier alpha value is -1.15. The molecule has 8 heteroatoms. The van der Waals surface area contributed by atoms with Gasteiger partial charge < -0.3 is 10.0 Å². The maximum atomic E-state index is 12.8. The van der Waals surface area contributed by atoms with Gasteiger partial charge >= 0.3 is 0 Å². The van der Waals surface area contributed by atoms with Gasteiger partial charge in [0.25, 0.3) is 0 Å². The Morgan fingerprint density at radius 3 is 2.56 bits per heavy atom. The highest BCUT2D eigenvalue weighted by Crippen LogP contribution is 2.38. The molecule has 0 bridgehead atoms. The summed E-state index contributed by atoms with van der Waals surface area (Å²) in [5.74, 6) is -0.179. The van der Waals surface area contributed by atoms with Gasteiger partial charge in [-0.2, -0.15) is 0 Å². The van der Waals surface area contributed by atoms with Crippen LogP contribution < -0.4 is 4.72 Å². The molecule has 1 unspecified atom stereocenters. The van der Waals surface area contributed by atoms with Crippen LogP contribution in [0.25, 0.3) is 0 Å². The number of carbonyl (C=O) groups is 1. The molecule has 1 aliphatic heterocycles. The lowest BCUT2D eigenvalue weighted by molar-refractivity contribution is -0.142. The average Bonchev–Trinajstić information content (AvgIpc) is 2.84. The monoisotopic (exact) mass is 386 g/mol. The van der Waals surface area contributed by atoms with Crippen LogP contribution in [0.5, 0.6) is 0 Å². The fraction of sp³-hybridized carbons (Fsp3) is 0.588. The molecule has 3 rings (SSSR count). The third-order valence-electron chi connectivity index (χ3n) is 5.23. The largest absolute Gasteiger partial charge is 0.367 e. The van der Waals surface area contributed by atoms with Crippen LogP contribution in [0.15, 0.2) is 23.1 Å². The normalized spacial score (nSPS) is 25.6. The van der Waals surface area contributed by atoms with E-state index in [2.05, 4.69) is 4.72 Å². The summed E-state index contributed by atoms with van der Waals surface area (Å²) in [6, 6.07) is 4.32. The van der Waals surface area contributed by atoms with Gasteiger partial charge in [0.15, 0.2) is 5.72 Å². The van der Waals surface area contributed by atoms with Crippen LogP contribution in [0.1, 0.15) is 50.5 Å². The van der Waals surface area contributed by atoms with Gasteiger partial charge in [-0.1, -0.05) is 36.9 Å². The van der Waals surface area contributed by atoms with Gasteiger partial charge in [-0.3, -0.25) is 4.79 Å². The van der Waals surface area contributed by atoms with Gasteiger partial charge in [-0.15, -0.1) is 0 Å². The molecule has 1 atom stereocenters. The molecule has 1 saturated carbocycles. The number of nitrogens with one attached hydrogen (secondary N) is 1. The summed E-state index contributed by atoms with van der Waals surface area (Å²) < 4.78 is 28.3. The van der Waals surface area contributed by atoms with E-state index >= 15 is 0 Å². The van der Waals surface area contributed by atoms with E-state index in [9.17, 15) is 18.3 Å². The van der Waals surface area contributed by atoms with Gasteiger partial charge in [0.2, 0.25) is 15.9 Å². The van der Waals surface area contributed by atoms with E-state index in [0.717, 1.165) is 32.1 Å². The first-order chi connectivity index (χ1) is 11.7. The van der Waals surface area contributed by atoms with Crippen molar-refractivity contribution in [2.45, 2.75) is 61.6 Å². The lowest BCUT2D eigenvalue weighted by Gasteiger charge is -2.31. The van der Waals surface area contributed by atoms with Gasteiger partial charge in [0.05, 0.1) is 5.02 Å². The molecule has 1 aliphatic carbocycles. The topological polar surface area (TPSA) is 86.7 Å². The van der Waals surface area contributed by atoms with Crippen molar-refractivity contribution in [3.05, 3.63) is 28.8 Å². The Labute approximate surface area is 153 Å². The number of aliphatic hydroxyl groups is 1. The van der Waals surface area contributed by atoms with E-state index in [1.54, 1.807) is 6.07 Å². The summed E-state index contributed by atoms with van der Waals surface area (Å²) in [4.78, 5) is 13.0. The van der Waals surface area contributed by atoms with Gasteiger partial charge in [-0.25, -0.2) is 13.1 Å². The summed E-state index contributed by atoms with van der Waals surface area (Å²) in [7, 11) is -2.28. The minimum Gasteiger partial charge on any atom is -0.367 e. The average molecular weight is 387 g/mol. The molecule has 1 aromatic carbocycles. The Kier molecular flexibility index (Phi) is 5.12. The first-order valence-electron chi connectivity index (χ1n) is 8.55. The highest BCUT2D eigenvalue weighted by molar-refractivity contribution is 7.89.